The molecule has 7 heteroatoms. The molecule has 0 aliphatic rings. The van der Waals surface area contributed by atoms with Gasteiger partial charge in [-0.3, -0.25) is 0 Å². The summed E-state index contributed by atoms with van der Waals surface area (Å²) in [6.45, 7) is 2.44. The first kappa shape index (κ1) is 12.4. The average molecular weight is 295 g/mol. The highest BCUT2D eigenvalue weighted by Crippen LogP contribution is 2.17. The second kappa shape index (κ2) is 5.14. The van der Waals surface area contributed by atoms with Crippen LogP contribution >= 0.6 is 22.9 Å². The van der Waals surface area contributed by atoms with Gasteiger partial charge in [-0.2, -0.15) is 0 Å². The number of halogens is 1. The number of benzene rings is 1. The molecule has 19 heavy (non-hydrogen) atoms. The number of rotatable bonds is 4. The van der Waals surface area contributed by atoms with Gasteiger partial charge in [-0.1, -0.05) is 23.4 Å². The summed E-state index contributed by atoms with van der Waals surface area (Å²) in [4.78, 5) is 11.4. The topological polar surface area (TPSA) is 52.8 Å². The zero-order valence-corrected chi connectivity index (χ0v) is 11.8. The van der Waals surface area contributed by atoms with Crippen LogP contribution in [0, 0.1) is 0 Å². The van der Waals surface area contributed by atoms with Crippen molar-refractivity contribution in [1.82, 2.24) is 20.1 Å². The Morgan fingerprint density at radius 2 is 2.32 bits per heavy atom. The average Bonchev–Trinajstić information content (AvgIpc) is 3.02. The molecule has 0 aliphatic carbocycles. The number of fused-ring (bicyclic) bond motifs is 1. The van der Waals surface area contributed by atoms with Crippen molar-refractivity contribution < 1.29 is 4.84 Å². The quantitative estimate of drug-likeness (QED) is 0.742. The Morgan fingerprint density at radius 1 is 1.42 bits per heavy atom. The molecule has 0 radical (unpaired) electrons. The molecule has 1 aromatic carbocycles. The molecule has 0 spiro atoms. The van der Waals surface area contributed by atoms with Crippen LogP contribution in [0.1, 0.15) is 17.6 Å². The fourth-order valence-corrected chi connectivity index (χ4v) is 2.57. The SMILES string of the molecule is CCc1nc(COn2nnc3ccc(Cl)cc32)cs1. The van der Waals surface area contributed by atoms with Gasteiger partial charge in [0, 0.05) is 10.4 Å². The summed E-state index contributed by atoms with van der Waals surface area (Å²) in [5, 5.41) is 11.7. The van der Waals surface area contributed by atoms with Crippen molar-refractivity contribution in [3.8, 4) is 0 Å². The number of aryl methyl sites for hydroxylation is 1. The van der Waals surface area contributed by atoms with Crippen LogP contribution in [0.25, 0.3) is 11.0 Å². The van der Waals surface area contributed by atoms with Crippen molar-refractivity contribution in [3.63, 3.8) is 0 Å². The summed E-state index contributed by atoms with van der Waals surface area (Å²) in [6.07, 6.45) is 0.937. The van der Waals surface area contributed by atoms with E-state index < -0.39 is 0 Å². The van der Waals surface area contributed by atoms with Crippen molar-refractivity contribution in [2.24, 2.45) is 0 Å². The third-order valence-electron chi connectivity index (χ3n) is 2.61. The number of nitrogens with zero attached hydrogens (tertiary/aromatic N) is 4. The lowest BCUT2D eigenvalue weighted by Crippen LogP contribution is -2.13. The summed E-state index contributed by atoms with van der Waals surface area (Å²) in [6, 6.07) is 5.36. The molecule has 0 N–H and O–H groups in total. The Hall–Kier alpha value is -1.66. The molecule has 98 valence electrons. The number of thiazole rings is 1. The largest absolute Gasteiger partial charge is 0.388 e. The van der Waals surface area contributed by atoms with Crippen LogP contribution in [-0.4, -0.2) is 20.1 Å². The van der Waals surface area contributed by atoms with Gasteiger partial charge < -0.3 is 4.84 Å². The first-order chi connectivity index (χ1) is 9.26. The van der Waals surface area contributed by atoms with Crippen molar-refractivity contribution in [2.75, 3.05) is 0 Å². The third kappa shape index (κ3) is 2.54. The normalized spacial score (nSPS) is 11.1. The van der Waals surface area contributed by atoms with E-state index in [1.807, 2.05) is 11.4 Å². The maximum atomic E-state index is 5.95. The second-order valence-electron chi connectivity index (χ2n) is 3.95. The van der Waals surface area contributed by atoms with Gasteiger partial charge in [0.25, 0.3) is 0 Å². The van der Waals surface area contributed by atoms with Crippen molar-refractivity contribution in [3.05, 3.63) is 39.3 Å². The molecule has 2 heterocycles. The molecule has 3 rings (SSSR count). The summed E-state index contributed by atoms with van der Waals surface area (Å²) in [7, 11) is 0. The zero-order valence-electron chi connectivity index (χ0n) is 10.2. The number of hydrogen-bond acceptors (Lipinski definition) is 5. The molecule has 0 saturated carbocycles. The van der Waals surface area contributed by atoms with E-state index in [0.29, 0.717) is 11.6 Å². The summed E-state index contributed by atoms with van der Waals surface area (Å²) in [5.41, 5.74) is 2.39. The monoisotopic (exact) mass is 294 g/mol. The van der Waals surface area contributed by atoms with E-state index in [4.69, 9.17) is 16.4 Å². The number of hydrogen-bond donors (Lipinski definition) is 0. The van der Waals surface area contributed by atoms with Crippen molar-refractivity contribution in [1.29, 1.82) is 0 Å². The highest BCUT2D eigenvalue weighted by Gasteiger charge is 2.07. The standard InChI is InChI=1S/C12H11ClN4OS/c1-2-12-14-9(7-19-12)6-18-17-11-5-8(13)3-4-10(11)15-16-17/h3-5,7H,2,6H2,1H3. The van der Waals surface area contributed by atoms with Gasteiger partial charge in [0.15, 0.2) is 6.61 Å². The fourth-order valence-electron chi connectivity index (χ4n) is 1.67. The molecule has 3 aromatic rings. The first-order valence-corrected chi connectivity index (χ1v) is 7.09. The minimum atomic E-state index is 0.363. The minimum absolute atomic E-state index is 0.363. The van der Waals surface area contributed by atoms with Crippen molar-refractivity contribution in [2.45, 2.75) is 20.0 Å². The second-order valence-corrected chi connectivity index (χ2v) is 5.33. The predicted molar refractivity (Wildman–Crippen MR) is 74.3 cm³/mol. The Balaban J connectivity index is 1.79. The van der Waals surface area contributed by atoms with Crippen LogP contribution in [-0.2, 0) is 13.0 Å². The lowest BCUT2D eigenvalue weighted by molar-refractivity contribution is 0.0734. The maximum absolute atomic E-state index is 5.95. The van der Waals surface area contributed by atoms with Gasteiger partial charge in [-0.05, 0) is 29.8 Å². The van der Waals surface area contributed by atoms with Crippen LogP contribution in [0.2, 0.25) is 5.02 Å². The van der Waals surface area contributed by atoms with E-state index in [1.165, 1.54) is 4.85 Å². The molecular weight excluding hydrogens is 284 g/mol. The summed E-state index contributed by atoms with van der Waals surface area (Å²) in [5.74, 6) is 0. The van der Waals surface area contributed by atoms with Gasteiger partial charge in [0.05, 0.1) is 10.7 Å². The highest BCUT2D eigenvalue weighted by atomic mass is 35.5. The van der Waals surface area contributed by atoms with E-state index in [-0.39, 0.29) is 0 Å². The van der Waals surface area contributed by atoms with Crippen LogP contribution in [0.3, 0.4) is 0 Å². The lowest BCUT2D eigenvalue weighted by atomic mass is 10.3. The summed E-state index contributed by atoms with van der Waals surface area (Å²) >= 11 is 7.59. The molecule has 5 nitrogen and oxygen atoms in total. The molecule has 0 fully saturated rings. The predicted octanol–water partition coefficient (Wildman–Crippen LogP) is 2.73. The van der Waals surface area contributed by atoms with E-state index in [0.717, 1.165) is 28.2 Å². The molecule has 0 aliphatic heterocycles. The van der Waals surface area contributed by atoms with Gasteiger partial charge in [0.2, 0.25) is 0 Å². The smallest absolute Gasteiger partial charge is 0.159 e. The van der Waals surface area contributed by atoms with Gasteiger partial charge in [0.1, 0.15) is 11.0 Å². The van der Waals surface area contributed by atoms with E-state index in [2.05, 4.69) is 22.2 Å². The van der Waals surface area contributed by atoms with Gasteiger partial charge in [-0.25, -0.2) is 4.98 Å². The summed E-state index contributed by atoms with van der Waals surface area (Å²) < 4.78 is 0. The van der Waals surface area contributed by atoms with Gasteiger partial charge in [-0.15, -0.1) is 16.4 Å². The Bertz CT molecular complexity index is 709. The molecule has 0 amide bonds. The van der Waals surface area contributed by atoms with Crippen LogP contribution in [0.4, 0.5) is 0 Å². The molecule has 0 saturated heterocycles. The van der Waals surface area contributed by atoms with Gasteiger partial charge >= 0.3 is 0 Å². The minimum Gasteiger partial charge on any atom is -0.388 e. The Morgan fingerprint density at radius 3 is 3.11 bits per heavy atom. The zero-order chi connectivity index (χ0) is 13.2. The first-order valence-electron chi connectivity index (χ1n) is 5.84. The van der Waals surface area contributed by atoms with E-state index in [9.17, 15) is 0 Å². The molecule has 0 unspecified atom stereocenters. The lowest BCUT2D eigenvalue weighted by Gasteiger charge is -2.03. The Kier molecular flexibility index (Phi) is 3.35. The Labute approximate surface area is 118 Å². The maximum Gasteiger partial charge on any atom is 0.159 e. The fraction of sp³-hybridized carbons (Fsp3) is 0.250. The molecule has 2 aromatic heterocycles. The molecule has 0 atom stereocenters. The third-order valence-corrected chi connectivity index (χ3v) is 3.89. The van der Waals surface area contributed by atoms with Crippen LogP contribution in [0.5, 0.6) is 0 Å². The van der Waals surface area contributed by atoms with E-state index >= 15 is 0 Å². The van der Waals surface area contributed by atoms with Crippen molar-refractivity contribution >= 4 is 34.0 Å². The number of aromatic nitrogens is 4. The van der Waals surface area contributed by atoms with E-state index in [1.54, 1.807) is 23.5 Å². The van der Waals surface area contributed by atoms with Crippen LogP contribution in [0.15, 0.2) is 23.6 Å². The van der Waals surface area contributed by atoms with Crippen LogP contribution < -0.4 is 4.84 Å². The molecular formula is C12H11ClN4OS. The highest BCUT2D eigenvalue weighted by molar-refractivity contribution is 7.09. The molecule has 0 bridgehead atoms.